The lowest BCUT2D eigenvalue weighted by Crippen LogP contribution is -2.37. The van der Waals surface area contributed by atoms with Gasteiger partial charge in [0, 0.05) is 32.2 Å². The Bertz CT molecular complexity index is 252. The van der Waals surface area contributed by atoms with Crippen LogP contribution in [0.4, 0.5) is 0 Å². The number of rotatable bonds is 4. The van der Waals surface area contributed by atoms with Gasteiger partial charge in [0.15, 0.2) is 0 Å². The Morgan fingerprint density at radius 1 is 1.35 bits per heavy atom. The minimum atomic E-state index is 0.229. The molecule has 1 N–H and O–H groups in total. The monoisotopic (exact) mass is 240 g/mol. The molecule has 0 saturated carbocycles. The molecule has 0 bridgehead atoms. The van der Waals surface area contributed by atoms with E-state index in [0.29, 0.717) is 11.8 Å². The van der Waals surface area contributed by atoms with Crippen LogP contribution in [0.5, 0.6) is 0 Å². The Balaban J connectivity index is 1.76. The molecule has 2 saturated heterocycles. The third kappa shape index (κ3) is 3.42. The molecule has 0 aliphatic carbocycles. The van der Waals surface area contributed by atoms with Crippen LogP contribution in [0.15, 0.2) is 0 Å². The minimum absolute atomic E-state index is 0.229. The molecular weight excluding hydrogens is 216 g/mol. The standard InChI is InChI=1S/C13H24N2O2/c1-14-6-2-11-3-7-15(10-11)13(16)12-4-8-17-9-5-12/h11-12,14H,2-10H2,1H3. The highest BCUT2D eigenvalue weighted by molar-refractivity contribution is 5.79. The van der Waals surface area contributed by atoms with E-state index in [1.54, 1.807) is 0 Å². The van der Waals surface area contributed by atoms with Crippen molar-refractivity contribution in [1.29, 1.82) is 0 Å². The molecule has 17 heavy (non-hydrogen) atoms. The lowest BCUT2D eigenvalue weighted by atomic mass is 9.99. The molecule has 1 amide bonds. The predicted molar refractivity (Wildman–Crippen MR) is 66.8 cm³/mol. The molecule has 0 aromatic carbocycles. The fraction of sp³-hybridized carbons (Fsp3) is 0.923. The van der Waals surface area contributed by atoms with Gasteiger partial charge in [-0.25, -0.2) is 0 Å². The normalized spacial score (nSPS) is 26.4. The van der Waals surface area contributed by atoms with Crippen LogP contribution in [0.1, 0.15) is 25.7 Å². The van der Waals surface area contributed by atoms with Gasteiger partial charge in [0.1, 0.15) is 0 Å². The molecule has 2 aliphatic rings. The molecule has 0 radical (unpaired) electrons. The molecule has 2 rings (SSSR count). The highest BCUT2D eigenvalue weighted by atomic mass is 16.5. The van der Waals surface area contributed by atoms with E-state index in [2.05, 4.69) is 10.2 Å². The van der Waals surface area contributed by atoms with Crippen molar-refractivity contribution in [3.8, 4) is 0 Å². The van der Waals surface area contributed by atoms with E-state index in [1.807, 2.05) is 7.05 Å². The van der Waals surface area contributed by atoms with E-state index >= 15 is 0 Å². The maximum atomic E-state index is 12.3. The Labute approximate surface area is 104 Å². The summed E-state index contributed by atoms with van der Waals surface area (Å²) in [6.45, 7) is 4.51. The topological polar surface area (TPSA) is 41.6 Å². The van der Waals surface area contributed by atoms with Gasteiger partial charge in [-0.2, -0.15) is 0 Å². The Morgan fingerprint density at radius 2 is 2.12 bits per heavy atom. The van der Waals surface area contributed by atoms with Gasteiger partial charge in [-0.15, -0.1) is 0 Å². The third-order valence-electron chi connectivity index (χ3n) is 3.97. The van der Waals surface area contributed by atoms with Crippen molar-refractivity contribution in [2.45, 2.75) is 25.7 Å². The number of nitrogens with one attached hydrogen (secondary N) is 1. The molecule has 1 atom stereocenters. The highest BCUT2D eigenvalue weighted by Crippen LogP contribution is 2.24. The molecule has 4 nitrogen and oxygen atoms in total. The van der Waals surface area contributed by atoms with Crippen molar-refractivity contribution in [3.05, 3.63) is 0 Å². The van der Waals surface area contributed by atoms with Crippen LogP contribution in [0.2, 0.25) is 0 Å². The molecule has 0 aromatic heterocycles. The molecule has 98 valence electrons. The molecule has 1 unspecified atom stereocenters. The molecule has 0 spiro atoms. The quantitative estimate of drug-likeness (QED) is 0.793. The second-order valence-electron chi connectivity index (χ2n) is 5.22. The zero-order valence-corrected chi connectivity index (χ0v) is 10.8. The number of hydrogen-bond acceptors (Lipinski definition) is 3. The first-order chi connectivity index (χ1) is 8.31. The number of nitrogens with zero attached hydrogens (tertiary/aromatic N) is 1. The zero-order valence-electron chi connectivity index (χ0n) is 10.8. The van der Waals surface area contributed by atoms with Gasteiger partial charge in [0.25, 0.3) is 0 Å². The number of likely N-dealkylation sites (tertiary alicyclic amines) is 1. The lowest BCUT2D eigenvalue weighted by Gasteiger charge is -2.26. The SMILES string of the molecule is CNCCC1CCN(C(=O)C2CCOCC2)C1. The van der Waals surface area contributed by atoms with E-state index in [4.69, 9.17) is 4.74 Å². The van der Waals surface area contributed by atoms with Crippen LogP contribution in [0.3, 0.4) is 0 Å². The van der Waals surface area contributed by atoms with Crippen molar-refractivity contribution in [1.82, 2.24) is 10.2 Å². The van der Waals surface area contributed by atoms with E-state index in [9.17, 15) is 4.79 Å². The summed E-state index contributed by atoms with van der Waals surface area (Å²) >= 11 is 0. The van der Waals surface area contributed by atoms with Crippen molar-refractivity contribution in [2.75, 3.05) is 39.9 Å². The van der Waals surface area contributed by atoms with Crippen LogP contribution in [-0.2, 0) is 9.53 Å². The van der Waals surface area contributed by atoms with Crippen LogP contribution in [-0.4, -0.2) is 50.7 Å². The predicted octanol–water partition coefficient (Wildman–Crippen LogP) is 0.871. The van der Waals surface area contributed by atoms with Crippen LogP contribution < -0.4 is 5.32 Å². The average molecular weight is 240 g/mol. The maximum absolute atomic E-state index is 12.3. The van der Waals surface area contributed by atoms with Gasteiger partial charge < -0.3 is 15.0 Å². The van der Waals surface area contributed by atoms with Crippen LogP contribution >= 0.6 is 0 Å². The van der Waals surface area contributed by atoms with E-state index < -0.39 is 0 Å². The molecule has 2 fully saturated rings. The first-order valence-electron chi connectivity index (χ1n) is 6.82. The van der Waals surface area contributed by atoms with Crippen LogP contribution in [0, 0.1) is 11.8 Å². The maximum Gasteiger partial charge on any atom is 0.225 e. The number of carbonyl (C=O) groups excluding carboxylic acids is 1. The Kier molecular flexibility index (Phi) is 4.80. The Hall–Kier alpha value is -0.610. The minimum Gasteiger partial charge on any atom is -0.381 e. The van der Waals surface area contributed by atoms with Gasteiger partial charge in [0.2, 0.25) is 5.91 Å². The van der Waals surface area contributed by atoms with Crippen molar-refractivity contribution in [3.63, 3.8) is 0 Å². The molecule has 4 heteroatoms. The molecular formula is C13H24N2O2. The fourth-order valence-corrected chi connectivity index (χ4v) is 2.82. The van der Waals surface area contributed by atoms with Crippen molar-refractivity contribution in [2.24, 2.45) is 11.8 Å². The summed E-state index contributed by atoms with van der Waals surface area (Å²) in [6, 6.07) is 0. The van der Waals surface area contributed by atoms with Gasteiger partial charge in [-0.3, -0.25) is 4.79 Å². The molecule has 2 aliphatic heterocycles. The summed E-state index contributed by atoms with van der Waals surface area (Å²) in [6.07, 6.45) is 4.19. The summed E-state index contributed by atoms with van der Waals surface area (Å²) in [5.41, 5.74) is 0. The average Bonchev–Trinajstić information content (AvgIpc) is 2.85. The second-order valence-corrected chi connectivity index (χ2v) is 5.22. The lowest BCUT2D eigenvalue weighted by molar-refractivity contribution is -0.137. The summed E-state index contributed by atoms with van der Waals surface area (Å²) < 4.78 is 5.31. The first-order valence-corrected chi connectivity index (χ1v) is 6.82. The number of amides is 1. The molecule has 2 heterocycles. The van der Waals surface area contributed by atoms with Crippen molar-refractivity contribution < 1.29 is 9.53 Å². The second kappa shape index (κ2) is 6.36. The van der Waals surface area contributed by atoms with Gasteiger partial charge in [-0.1, -0.05) is 0 Å². The number of carbonyl (C=O) groups is 1. The van der Waals surface area contributed by atoms with Crippen LogP contribution in [0.25, 0.3) is 0 Å². The van der Waals surface area contributed by atoms with E-state index in [0.717, 1.165) is 45.7 Å². The summed E-state index contributed by atoms with van der Waals surface area (Å²) in [4.78, 5) is 14.4. The first kappa shape index (κ1) is 12.8. The number of ether oxygens (including phenoxy) is 1. The number of hydrogen-bond donors (Lipinski definition) is 1. The summed E-state index contributed by atoms with van der Waals surface area (Å²) in [5, 5.41) is 3.18. The Morgan fingerprint density at radius 3 is 2.82 bits per heavy atom. The summed E-state index contributed by atoms with van der Waals surface area (Å²) in [7, 11) is 1.99. The largest absolute Gasteiger partial charge is 0.381 e. The highest BCUT2D eigenvalue weighted by Gasteiger charge is 2.31. The smallest absolute Gasteiger partial charge is 0.225 e. The summed E-state index contributed by atoms with van der Waals surface area (Å²) in [5.74, 6) is 1.30. The van der Waals surface area contributed by atoms with Crippen molar-refractivity contribution >= 4 is 5.91 Å². The van der Waals surface area contributed by atoms with Gasteiger partial charge in [-0.05, 0) is 45.2 Å². The fourth-order valence-electron chi connectivity index (χ4n) is 2.82. The zero-order chi connectivity index (χ0) is 12.1. The van der Waals surface area contributed by atoms with Gasteiger partial charge in [0.05, 0.1) is 0 Å². The molecule has 0 aromatic rings. The third-order valence-corrected chi connectivity index (χ3v) is 3.97. The van der Waals surface area contributed by atoms with E-state index in [1.165, 1.54) is 12.8 Å². The van der Waals surface area contributed by atoms with E-state index in [-0.39, 0.29) is 5.92 Å². The van der Waals surface area contributed by atoms with Gasteiger partial charge >= 0.3 is 0 Å².